The zero-order valence-corrected chi connectivity index (χ0v) is 12.1. The quantitative estimate of drug-likeness (QED) is 0.876. The summed E-state index contributed by atoms with van der Waals surface area (Å²) in [4.78, 5) is 4.35. The lowest BCUT2D eigenvalue weighted by molar-refractivity contribution is 0.306. The van der Waals surface area contributed by atoms with E-state index < -0.39 is 0 Å². The van der Waals surface area contributed by atoms with Crippen molar-refractivity contribution in [2.45, 2.75) is 6.61 Å². The first kappa shape index (κ1) is 14.1. The Kier molecular flexibility index (Phi) is 4.58. The number of pyridine rings is 1. The van der Waals surface area contributed by atoms with Gasteiger partial charge < -0.3 is 10.5 Å². The largest absolute Gasteiger partial charge is 0.486 e. The van der Waals surface area contributed by atoms with E-state index in [0.717, 1.165) is 5.56 Å². The highest BCUT2D eigenvalue weighted by atomic mass is 35.5. The number of nitrogens with two attached hydrogens (primary N) is 1. The number of benzene rings is 1. The van der Waals surface area contributed by atoms with E-state index in [9.17, 15) is 0 Å². The van der Waals surface area contributed by atoms with Crippen LogP contribution in [0.15, 0.2) is 36.5 Å². The second kappa shape index (κ2) is 6.19. The van der Waals surface area contributed by atoms with Gasteiger partial charge in [0.15, 0.2) is 5.75 Å². The maximum Gasteiger partial charge on any atom is 0.156 e. The van der Waals surface area contributed by atoms with E-state index in [1.165, 1.54) is 0 Å². The summed E-state index contributed by atoms with van der Waals surface area (Å²) in [6.45, 7) is 0.240. The van der Waals surface area contributed by atoms with Crippen LogP contribution in [0.1, 0.15) is 11.3 Å². The number of thiocarbonyl (C=S) groups is 1. The number of halogens is 2. The van der Waals surface area contributed by atoms with Crippen LogP contribution in [0.2, 0.25) is 10.0 Å². The Morgan fingerprint density at radius 3 is 2.53 bits per heavy atom. The SMILES string of the molecule is NC(=S)c1ncccc1COc1c(Cl)cccc1Cl. The highest BCUT2D eigenvalue weighted by molar-refractivity contribution is 7.80. The van der Waals surface area contributed by atoms with Crippen LogP contribution in [0, 0.1) is 0 Å². The van der Waals surface area contributed by atoms with E-state index in [0.29, 0.717) is 21.5 Å². The summed E-state index contributed by atoms with van der Waals surface area (Å²) in [5.41, 5.74) is 6.93. The van der Waals surface area contributed by atoms with E-state index in [1.54, 1.807) is 30.5 Å². The van der Waals surface area contributed by atoms with Crippen molar-refractivity contribution in [3.05, 3.63) is 57.8 Å². The Morgan fingerprint density at radius 1 is 1.21 bits per heavy atom. The molecule has 3 nitrogen and oxygen atoms in total. The topological polar surface area (TPSA) is 48.1 Å². The van der Waals surface area contributed by atoms with Crippen LogP contribution >= 0.6 is 35.4 Å². The second-order valence-electron chi connectivity index (χ2n) is 3.71. The fourth-order valence-electron chi connectivity index (χ4n) is 1.55. The molecule has 1 aromatic carbocycles. The molecule has 2 rings (SSSR count). The zero-order valence-electron chi connectivity index (χ0n) is 9.77. The van der Waals surface area contributed by atoms with E-state index in [1.807, 2.05) is 6.07 Å². The lowest BCUT2D eigenvalue weighted by atomic mass is 10.2. The number of aromatic nitrogens is 1. The van der Waals surface area contributed by atoms with Crippen LogP contribution in [0.3, 0.4) is 0 Å². The van der Waals surface area contributed by atoms with Crippen molar-refractivity contribution in [2.24, 2.45) is 5.73 Å². The second-order valence-corrected chi connectivity index (χ2v) is 4.97. The Bertz CT molecular complexity index is 599. The molecule has 0 fully saturated rings. The number of hydrogen-bond acceptors (Lipinski definition) is 3. The normalized spacial score (nSPS) is 10.2. The molecule has 0 aliphatic carbocycles. The third-order valence-electron chi connectivity index (χ3n) is 2.42. The molecule has 2 aromatic rings. The summed E-state index contributed by atoms with van der Waals surface area (Å²) in [6.07, 6.45) is 1.63. The predicted octanol–water partition coefficient (Wildman–Crippen LogP) is 3.60. The van der Waals surface area contributed by atoms with Gasteiger partial charge in [-0.1, -0.05) is 47.6 Å². The summed E-state index contributed by atoms with van der Waals surface area (Å²) in [7, 11) is 0. The molecule has 2 N–H and O–H groups in total. The van der Waals surface area contributed by atoms with Gasteiger partial charge in [-0.3, -0.25) is 4.98 Å². The van der Waals surface area contributed by atoms with Gasteiger partial charge >= 0.3 is 0 Å². The van der Waals surface area contributed by atoms with Crippen LogP contribution in [-0.2, 0) is 6.61 Å². The lowest BCUT2D eigenvalue weighted by Gasteiger charge is -2.11. The molecule has 0 amide bonds. The number of rotatable bonds is 4. The molecule has 0 bridgehead atoms. The molecule has 1 aromatic heterocycles. The molecule has 0 spiro atoms. The van der Waals surface area contributed by atoms with E-state index in [-0.39, 0.29) is 11.6 Å². The van der Waals surface area contributed by atoms with Gasteiger partial charge in [0.2, 0.25) is 0 Å². The fraction of sp³-hybridized carbons (Fsp3) is 0.0769. The maximum atomic E-state index is 6.02. The molecule has 0 radical (unpaired) electrons. The number of hydrogen-bond donors (Lipinski definition) is 1. The van der Waals surface area contributed by atoms with Crippen molar-refractivity contribution >= 4 is 40.4 Å². The van der Waals surface area contributed by atoms with Gasteiger partial charge in [-0.2, -0.15) is 0 Å². The number of ether oxygens (including phenoxy) is 1. The van der Waals surface area contributed by atoms with Crippen LogP contribution in [0.25, 0.3) is 0 Å². The van der Waals surface area contributed by atoms with E-state index in [4.69, 9.17) is 45.9 Å². The summed E-state index contributed by atoms with van der Waals surface area (Å²) in [5, 5.41) is 0.904. The van der Waals surface area contributed by atoms with Crippen molar-refractivity contribution in [3.8, 4) is 5.75 Å². The van der Waals surface area contributed by atoms with Gasteiger partial charge in [0, 0.05) is 11.8 Å². The lowest BCUT2D eigenvalue weighted by Crippen LogP contribution is -2.15. The molecular formula is C13H10Cl2N2OS. The minimum Gasteiger partial charge on any atom is -0.486 e. The van der Waals surface area contributed by atoms with Crippen molar-refractivity contribution in [2.75, 3.05) is 0 Å². The molecule has 0 saturated heterocycles. The van der Waals surface area contributed by atoms with Gasteiger partial charge in [-0.15, -0.1) is 0 Å². The molecular weight excluding hydrogens is 303 g/mol. The summed E-state index contributed by atoms with van der Waals surface area (Å²) in [6, 6.07) is 8.80. The van der Waals surface area contributed by atoms with Gasteiger partial charge in [0.1, 0.15) is 17.3 Å². The average Bonchev–Trinajstić information content (AvgIpc) is 2.38. The number of para-hydroxylation sites is 1. The smallest absolute Gasteiger partial charge is 0.156 e. The van der Waals surface area contributed by atoms with Gasteiger partial charge in [0.05, 0.1) is 10.0 Å². The molecule has 0 atom stereocenters. The zero-order chi connectivity index (χ0) is 13.8. The molecule has 6 heteroatoms. The summed E-state index contributed by atoms with van der Waals surface area (Å²) >= 11 is 17.0. The molecule has 98 valence electrons. The maximum absolute atomic E-state index is 6.02. The highest BCUT2D eigenvalue weighted by Gasteiger charge is 2.10. The minimum absolute atomic E-state index is 0.226. The van der Waals surface area contributed by atoms with Crippen LogP contribution < -0.4 is 10.5 Å². The Labute approximate surface area is 126 Å². The van der Waals surface area contributed by atoms with Crippen LogP contribution in [-0.4, -0.2) is 9.97 Å². The Hall–Kier alpha value is -1.36. The highest BCUT2D eigenvalue weighted by Crippen LogP contribution is 2.33. The minimum atomic E-state index is 0.226. The van der Waals surface area contributed by atoms with E-state index >= 15 is 0 Å². The van der Waals surface area contributed by atoms with Gasteiger partial charge in [-0.05, 0) is 18.2 Å². The molecule has 0 unspecified atom stereocenters. The van der Waals surface area contributed by atoms with Gasteiger partial charge in [0.25, 0.3) is 0 Å². The molecule has 19 heavy (non-hydrogen) atoms. The van der Waals surface area contributed by atoms with Crippen molar-refractivity contribution in [3.63, 3.8) is 0 Å². The van der Waals surface area contributed by atoms with Crippen molar-refractivity contribution < 1.29 is 4.74 Å². The Morgan fingerprint density at radius 2 is 1.89 bits per heavy atom. The van der Waals surface area contributed by atoms with Crippen molar-refractivity contribution in [1.82, 2.24) is 4.98 Å². The van der Waals surface area contributed by atoms with Crippen LogP contribution in [0.5, 0.6) is 5.75 Å². The monoisotopic (exact) mass is 312 g/mol. The Balaban J connectivity index is 2.22. The summed E-state index contributed by atoms with van der Waals surface area (Å²) in [5.74, 6) is 0.434. The van der Waals surface area contributed by atoms with E-state index in [2.05, 4.69) is 4.98 Å². The first-order chi connectivity index (χ1) is 9.09. The first-order valence-electron chi connectivity index (χ1n) is 5.40. The third-order valence-corrected chi connectivity index (χ3v) is 3.20. The molecule has 1 heterocycles. The van der Waals surface area contributed by atoms with Crippen molar-refractivity contribution in [1.29, 1.82) is 0 Å². The number of nitrogens with zero attached hydrogens (tertiary/aromatic N) is 1. The standard InChI is InChI=1S/C13H10Cl2N2OS/c14-9-4-1-5-10(15)12(9)18-7-8-3-2-6-17-11(8)13(16)19/h1-6H,7H2,(H2,16,19). The molecule has 0 aliphatic rings. The first-order valence-corrected chi connectivity index (χ1v) is 6.56. The van der Waals surface area contributed by atoms with Crippen LogP contribution in [0.4, 0.5) is 0 Å². The average molecular weight is 313 g/mol. The fourth-order valence-corrected chi connectivity index (χ4v) is 2.24. The molecule has 0 aliphatic heterocycles. The molecule has 0 saturated carbocycles. The third kappa shape index (κ3) is 3.35. The van der Waals surface area contributed by atoms with Gasteiger partial charge in [-0.25, -0.2) is 0 Å². The predicted molar refractivity (Wildman–Crippen MR) is 80.9 cm³/mol. The summed E-state index contributed by atoms with van der Waals surface area (Å²) < 4.78 is 5.63.